The third kappa shape index (κ3) is 6.67. The Morgan fingerprint density at radius 2 is 1.85 bits per heavy atom. The first-order valence-corrected chi connectivity index (χ1v) is 8.82. The summed E-state index contributed by atoms with van der Waals surface area (Å²) in [5.74, 6) is -1.06. The summed E-state index contributed by atoms with van der Waals surface area (Å²) < 4.78 is 39.1. The van der Waals surface area contributed by atoms with Gasteiger partial charge in [0.15, 0.2) is 0 Å². The van der Waals surface area contributed by atoms with Crippen LogP contribution >= 0.6 is 0 Å². The lowest BCUT2D eigenvalue weighted by molar-refractivity contribution is -0.137. The van der Waals surface area contributed by atoms with E-state index in [0.29, 0.717) is 6.42 Å². The van der Waals surface area contributed by atoms with Gasteiger partial charge in [-0.2, -0.15) is 13.2 Å². The second-order valence-corrected chi connectivity index (χ2v) is 6.22. The molecule has 0 aliphatic heterocycles. The number of carbonyl (C=O) groups is 1. The minimum atomic E-state index is -4.60. The van der Waals surface area contributed by atoms with Gasteiger partial charge < -0.3 is 11.1 Å². The first kappa shape index (κ1) is 20.9. The second-order valence-electron chi connectivity index (χ2n) is 6.22. The van der Waals surface area contributed by atoms with Gasteiger partial charge >= 0.3 is 6.18 Å². The number of nitrogens with two attached hydrogens (primary N) is 1. The predicted octanol–water partition coefficient (Wildman–Crippen LogP) is 4.10. The molecule has 0 saturated carbocycles. The number of benzene rings is 1. The molecule has 0 bridgehead atoms. The van der Waals surface area contributed by atoms with E-state index >= 15 is 0 Å². The van der Waals surface area contributed by atoms with Gasteiger partial charge in [0.05, 0.1) is 11.1 Å². The summed E-state index contributed by atoms with van der Waals surface area (Å²) in [4.78, 5) is 15.5. The first-order valence-electron chi connectivity index (χ1n) is 8.82. The van der Waals surface area contributed by atoms with E-state index in [2.05, 4.69) is 10.3 Å². The molecular formula is C20H23F3N3O. The lowest BCUT2D eigenvalue weighted by Gasteiger charge is -2.14. The number of carbonyl (C=O) groups excluding carboxylic acids is 1. The molecule has 4 nitrogen and oxygen atoms in total. The molecule has 0 aliphatic rings. The molecule has 1 radical (unpaired) electrons. The van der Waals surface area contributed by atoms with Crippen molar-refractivity contribution in [1.29, 1.82) is 0 Å². The number of hydrogen-bond acceptors (Lipinski definition) is 3. The summed E-state index contributed by atoms with van der Waals surface area (Å²) in [5, 5.41) is 3.33. The zero-order chi connectivity index (χ0) is 19.7. The van der Waals surface area contributed by atoms with Crippen molar-refractivity contribution in [2.45, 2.75) is 38.4 Å². The molecule has 2 aromatic rings. The highest BCUT2D eigenvalue weighted by Gasteiger charge is 2.35. The van der Waals surface area contributed by atoms with Crippen molar-refractivity contribution in [2.24, 2.45) is 5.73 Å². The monoisotopic (exact) mass is 378 g/mol. The predicted molar refractivity (Wildman–Crippen MR) is 97.8 cm³/mol. The Bertz CT molecular complexity index is 733. The van der Waals surface area contributed by atoms with Crippen LogP contribution < -0.4 is 11.1 Å². The topological polar surface area (TPSA) is 68.0 Å². The van der Waals surface area contributed by atoms with Gasteiger partial charge in [0.25, 0.3) is 0 Å². The molecule has 3 N–H and O–H groups in total. The number of hydrogen-bond donors (Lipinski definition) is 2. The summed E-state index contributed by atoms with van der Waals surface area (Å²) >= 11 is 0. The van der Waals surface area contributed by atoms with E-state index in [9.17, 15) is 18.0 Å². The van der Waals surface area contributed by atoms with Gasteiger partial charge in [0.1, 0.15) is 0 Å². The average molecular weight is 378 g/mol. The molecule has 27 heavy (non-hydrogen) atoms. The number of alkyl halides is 3. The number of halogens is 3. The molecular weight excluding hydrogens is 355 g/mol. The molecule has 145 valence electrons. The molecule has 0 unspecified atom stereocenters. The van der Waals surface area contributed by atoms with Crippen molar-refractivity contribution in [3.05, 3.63) is 71.4 Å². The fourth-order valence-corrected chi connectivity index (χ4v) is 2.81. The van der Waals surface area contributed by atoms with E-state index in [0.717, 1.165) is 38.4 Å². The minimum absolute atomic E-state index is 0.244. The van der Waals surface area contributed by atoms with Crippen LogP contribution in [0, 0.1) is 6.42 Å². The Balaban J connectivity index is 1.73. The zero-order valence-electron chi connectivity index (χ0n) is 14.9. The highest BCUT2D eigenvalue weighted by molar-refractivity contribution is 5.96. The molecule has 2 rings (SSSR count). The smallest absolute Gasteiger partial charge is 0.366 e. The van der Waals surface area contributed by atoms with Gasteiger partial charge in [-0.05, 0) is 55.1 Å². The van der Waals surface area contributed by atoms with Crippen LogP contribution in [0.25, 0.3) is 0 Å². The van der Waals surface area contributed by atoms with E-state index < -0.39 is 23.2 Å². The molecule has 1 aromatic heterocycles. The van der Waals surface area contributed by atoms with Gasteiger partial charge in [-0.25, -0.2) is 0 Å². The van der Waals surface area contributed by atoms with Crippen molar-refractivity contribution >= 4 is 5.91 Å². The van der Waals surface area contributed by atoms with Crippen molar-refractivity contribution in [1.82, 2.24) is 10.3 Å². The fourth-order valence-electron chi connectivity index (χ4n) is 2.81. The molecule has 7 heteroatoms. The van der Waals surface area contributed by atoms with E-state index in [1.165, 1.54) is 17.7 Å². The normalized spacial score (nSPS) is 11.5. The number of pyridine rings is 1. The van der Waals surface area contributed by atoms with Crippen molar-refractivity contribution in [2.75, 3.05) is 6.54 Å². The summed E-state index contributed by atoms with van der Waals surface area (Å²) in [6.07, 6.45) is 3.86. The third-order valence-electron chi connectivity index (χ3n) is 4.15. The highest BCUT2D eigenvalue weighted by Crippen LogP contribution is 2.34. The van der Waals surface area contributed by atoms with Crippen molar-refractivity contribution in [3.8, 4) is 0 Å². The third-order valence-corrected chi connectivity index (χ3v) is 4.15. The van der Waals surface area contributed by atoms with E-state index in [-0.39, 0.29) is 5.56 Å². The van der Waals surface area contributed by atoms with Gasteiger partial charge in [-0.15, -0.1) is 0 Å². The first-order chi connectivity index (χ1) is 12.9. The van der Waals surface area contributed by atoms with E-state index in [1.54, 1.807) is 18.8 Å². The van der Waals surface area contributed by atoms with Crippen molar-refractivity contribution in [3.63, 3.8) is 0 Å². The Hall–Kier alpha value is -2.41. The zero-order valence-corrected chi connectivity index (χ0v) is 14.9. The standard InChI is InChI=1S/C20H23F3N3O/c21-20(22,23)17-8-5-7-16(18(17)19(24)27)6-3-1-2-4-11-26-14-15-9-12-25-13-10-15/h5-10,12-13,26H,1-4,11,14H2,(H2,24,27). The van der Waals surface area contributed by atoms with Crippen LogP contribution in [0.5, 0.6) is 0 Å². The molecule has 0 spiro atoms. The average Bonchev–Trinajstić information content (AvgIpc) is 2.63. The molecule has 1 heterocycles. The number of nitrogens with zero attached hydrogens (tertiary/aromatic N) is 1. The lowest BCUT2D eigenvalue weighted by Crippen LogP contribution is -2.20. The number of nitrogens with one attached hydrogen (secondary N) is 1. The largest absolute Gasteiger partial charge is 0.417 e. The fraction of sp³-hybridized carbons (Fsp3) is 0.350. The number of aromatic nitrogens is 1. The minimum Gasteiger partial charge on any atom is -0.366 e. The quantitative estimate of drug-likeness (QED) is 0.612. The molecule has 0 aliphatic carbocycles. The second kappa shape index (κ2) is 10.1. The Labute approximate surface area is 157 Å². The highest BCUT2D eigenvalue weighted by atomic mass is 19.4. The van der Waals surface area contributed by atoms with Crippen LogP contribution in [-0.4, -0.2) is 17.4 Å². The number of rotatable bonds is 10. The Morgan fingerprint density at radius 1 is 1.11 bits per heavy atom. The van der Waals surface area contributed by atoms with Gasteiger partial charge in [-0.1, -0.05) is 25.0 Å². The lowest BCUT2D eigenvalue weighted by atomic mass is 9.95. The van der Waals surface area contributed by atoms with Gasteiger partial charge in [-0.3, -0.25) is 9.78 Å². The van der Waals surface area contributed by atoms with Crippen LogP contribution in [0.15, 0.2) is 42.7 Å². The SMILES string of the molecule is NC(=O)c1c([CH]CCCCCNCc2ccncc2)cccc1C(F)(F)F. The Kier molecular flexibility index (Phi) is 7.79. The van der Waals surface area contributed by atoms with Crippen LogP contribution in [0.2, 0.25) is 0 Å². The molecule has 0 saturated heterocycles. The number of unbranched alkanes of at least 4 members (excludes halogenated alkanes) is 3. The maximum Gasteiger partial charge on any atom is 0.417 e. The van der Waals surface area contributed by atoms with Crippen molar-refractivity contribution < 1.29 is 18.0 Å². The van der Waals surface area contributed by atoms with Crippen LogP contribution in [0.4, 0.5) is 13.2 Å². The Morgan fingerprint density at radius 3 is 2.52 bits per heavy atom. The van der Waals surface area contributed by atoms with Crippen LogP contribution in [0.3, 0.4) is 0 Å². The van der Waals surface area contributed by atoms with Crippen LogP contribution in [-0.2, 0) is 12.7 Å². The maximum atomic E-state index is 13.0. The number of amides is 1. The van der Waals surface area contributed by atoms with Gasteiger partial charge in [0, 0.05) is 18.9 Å². The molecule has 1 aromatic carbocycles. The molecule has 1 amide bonds. The van der Waals surface area contributed by atoms with Gasteiger partial charge in [0.2, 0.25) is 5.91 Å². The molecule has 0 fully saturated rings. The molecule has 0 atom stereocenters. The summed E-state index contributed by atoms with van der Waals surface area (Å²) in [6.45, 7) is 1.64. The maximum absolute atomic E-state index is 13.0. The van der Waals surface area contributed by atoms with E-state index in [4.69, 9.17) is 5.73 Å². The summed E-state index contributed by atoms with van der Waals surface area (Å²) in [6, 6.07) is 7.57. The summed E-state index contributed by atoms with van der Waals surface area (Å²) in [5.41, 5.74) is 5.15. The number of primary amides is 1. The van der Waals surface area contributed by atoms with E-state index in [1.807, 2.05) is 12.1 Å². The summed E-state index contributed by atoms with van der Waals surface area (Å²) in [7, 11) is 0. The van der Waals surface area contributed by atoms with Crippen LogP contribution in [0.1, 0.15) is 52.7 Å².